The topological polar surface area (TPSA) is 72.2 Å². The van der Waals surface area contributed by atoms with E-state index < -0.39 is 11.9 Å². The zero-order chi connectivity index (χ0) is 16.1. The van der Waals surface area contributed by atoms with E-state index in [0.717, 1.165) is 0 Å². The molecule has 0 saturated carbocycles. The van der Waals surface area contributed by atoms with E-state index in [1.807, 2.05) is 0 Å². The summed E-state index contributed by atoms with van der Waals surface area (Å²) in [5.74, 6) is -1.03. The van der Waals surface area contributed by atoms with Crippen LogP contribution in [0.25, 0.3) is 0 Å². The molecular formula is C16H14Cl2N2O2. The maximum atomic E-state index is 12.1. The Labute approximate surface area is 138 Å². The monoisotopic (exact) mass is 336 g/mol. The molecule has 1 atom stereocenters. The van der Waals surface area contributed by atoms with Crippen LogP contribution in [0.3, 0.4) is 0 Å². The first kappa shape index (κ1) is 16.3. The molecule has 0 aliphatic carbocycles. The van der Waals surface area contributed by atoms with Crippen molar-refractivity contribution in [2.24, 2.45) is 5.73 Å². The zero-order valence-corrected chi connectivity index (χ0v) is 13.1. The number of carbonyl (C=O) groups excluding carboxylic acids is 2. The van der Waals surface area contributed by atoms with Crippen molar-refractivity contribution < 1.29 is 9.59 Å². The highest BCUT2D eigenvalue weighted by Gasteiger charge is 2.21. The number of nitrogens with one attached hydrogen (secondary N) is 1. The molecule has 0 bridgehead atoms. The lowest BCUT2D eigenvalue weighted by Gasteiger charge is -2.17. The normalized spacial score (nSPS) is 11.7. The molecular weight excluding hydrogens is 323 g/mol. The number of hydrogen-bond donors (Lipinski definition) is 2. The summed E-state index contributed by atoms with van der Waals surface area (Å²) in [6, 6.07) is 12.7. The summed E-state index contributed by atoms with van der Waals surface area (Å²) in [4.78, 5) is 23.7. The molecule has 0 fully saturated rings. The minimum Gasteiger partial charge on any atom is -0.368 e. The van der Waals surface area contributed by atoms with E-state index >= 15 is 0 Å². The van der Waals surface area contributed by atoms with Crippen LogP contribution in [0, 0.1) is 0 Å². The molecule has 22 heavy (non-hydrogen) atoms. The second-order valence-corrected chi connectivity index (χ2v) is 5.51. The van der Waals surface area contributed by atoms with Gasteiger partial charge in [0, 0.05) is 22.0 Å². The van der Waals surface area contributed by atoms with Crippen LogP contribution in [-0.2, 0) is 11.2 Å². The third-order valence-electron chi connectivity index (χ3n) is 3.15. The Balaban J connectivity index is 2.18. The van der Waals surface area contributed by atoms with Gasteiger partial charge in [-0.2, -0.15) is 0 Å². The smallest absolute Gasteiger partial charge is 0.251 e. The molecule has 2 aromatic rings. The van der Waals surface area contributed by atoms with Gasteiger partial charge in [-0.15, -0.1) is 0 Å². The van der Waals surface area contributed by atoms with Crippen LogP contribution in [0.4, 0.5) is 0 Å². The van der Waals surface area contributed by atoms with Gasteiger partial charge in [-0.3, -0.25) is 9.59 Å². The Morgan fingerprint density at radius 2 is 1.59 bits per heavy atom. The lowest BCUT2D eigenvalue weighted by atomic mass is 10.0. The molecule has 114 valence electrons. The van der Waals surface area contributed by atoms with Gasteiger partial charge < -0.3 is 11.1 Å². The number of carbonyl (C=O) groups is 2. The lowest BCUT2D eigenvalue weighted by Crippen LogP contribution is -2.45. The lowest BCUT2D eigenvalue weighted by molar-refractivity contribution is -0.119. The van der Waals surface area contributed by atoms with Crippen molar-refractivity contribution in [3.63, 3.8) is 0 Å². The molecule has 2 rings (SSSR count). The molecule has 0 aromatic heterocycles. The second kappa shape index (κ2) is 7.29. The summed E-state index contributed by atoms with van der Waals surface area (Å²) in [7, 11) is 0. The van der Waals surface area contributed by atoms with Crippen LogP contribution >= 0.6 is 23.2 Å². The highest BCUT2D eigenvalue weighted by molar-refractivity contribution is 6.36. The number of hydrogen-bond acceptors (Lipinski definition) is 2. The van der Waals surface area contributed by atoms with Crippen molar-refractivity contribution in [2.45, 2.75) is 12.5 Å². The van der Waals surface area contributed by atoms with Crippen LogP contribution in [0.2, 0.25) is 10.0 Å². The Kier molecular flexibility index (Phi) is 5.41. The standard InChI is InChI=1S/C16H14Cl2N2O2/c17-12-7-4-8-13(18)11(12)9-14(15(19)21)20-16(22)10-5-2-1-3-6-10/h1-8,14H,9H2,(H2,19,21)(H,20,22)/t14-/m1/s1. The Morgan fingerprint density at radius 3 is 2.14 bits per heavy atom. The summed E-state index contributed by atoms with van der Waals surface area (Å²) in [6.07, 6.45) is 0.131. The average Bonchev–Trinajstić information content (AvgIpc) is 2.50. The quantitative estimate of drug-likeness (QED) is 0.881. The summed E-state index contributed by atoms with van der Waals surface area (Å²) in [6.45, 7) is 0. The number of halogens is 2. The van der Waals surface area contributed by atoms with Crippen LogP contribution in [-0.4, -0.2) is 17.9 Å². The predicted molar refractivity (Wildman–Crippen MR) is 87.1 cm³/mol. The first-order valence-electron chi connectivity index (χ1n) is 6.57. The largest absolute Gasteiger partial charge is 0.368 e. The Morgan fingerprint density at radius 1 is 1.00 bits per heavy atom. The second-order valence-electron chi connectivity index (χ2n) is 4.70. The molecule has 0 heterocycles. The number of rotatable bonds is 5. The number of primary amides is 1. The van der Waals surface area contributed by atoms with E-state index in [0.29, 0.717) is 21.2 Å². The predicted octanol–water partition coefficient (Wildman–Crippen LogP) is 2.82. The minimum absolute atomic E-state index is 0.131. The van der Waals surface area contributed by atoms with E-state index in [1.54, 1.807) is 48.5 Å². The molecule has 2 aromatic carbocycles. The van der Waals surface area contributed by atoms with Gasteiger partial charge in [0.1, 0.15) is 6.04 Å². The zero-order valence-electron chi connectivity index (χ0n) is 11.6. The number of amides is 2. The maximum Gasteiger partial charge on any atom is 0.251 e. The SMILES string of the molecule is NC(=O)[C@@H](Cc1c(Cl)cccc1Cl)NC(=O)c1ccccc1. The molecule has 0 saturated heterocycles. The fourth-order valence-corrected chi connectivity index (χ4v) is 2.54. The fraction of sp³-hybridized carbons (Fsp3) is 0.125. The molecule has 0 unspecified atom stereocenters. The molecule has 3 N–H and O–H groups in total. The van der Waals surface area contributed by atoms with Crippen molar-refractivity contribution in [1.29, 1.82) is 0 Å². The van der Waals surface area contributed by atoms with E-state index in [1.165, 1.54) is 0 Å². The van der Waals surface area contributed by atoms with Gasteiger partial charge in [-0.05, 0) is 29.8 Å². The molecule has 0 aliphatic rings. The van der Waals surface area contributed by atoms with Gasteiger partial charge in [0.2, 0.25) is 5.91 Å². The van der Waals surface area contributed by atoms with Crippen LogP contribution in [0.1, 0.15) is 15.9 Å². The Bertz CT molecular complexity index is 670. The van der Waals surface area contributed by atoms with E-state index in [2.05, 4.69) is 5.32 Å². The van der Waals surface area contributed by atoms with Gasteiger partial charge in [-0.1, -0.05) is 47.5 Å². The summed E-state index contributed by atoms with van der Waals surface area (Å²) in [5.41, 5.74) is 6.39. The van der Waals surface area contributed by atoms with E-state index in [9.17, 15) is 9.59 Å². The van der Waals surface area contributed by atoms with Gasteiger partial charge >= 0.3 is 0 Å². The molecule has 0 aliphatic heterocycles. The van der Waals surface area contributed by atoms with E-state index in [-0.39, 0.29) is 12.3 Å². The Hall–Kier alpha value is -2.04. The van der Waals surface area contributed by atoms with Crippen molar-refractivity contribution in [2.75, 3.05) is 0 Å². The van der Waals surface area contributed by atoms with Crippen LogP contribution in [0.5, 0.6) is 0 Å². The van der Waals surface area contributed by atoms with Gasteiger partial charge in [0.15, 0.2) is 0 Å². The molecule has 4 nitrogen and oxygen atoms in total. The van der Waals surface area contributed by atoms with Crippen molar-refractivity contribution in [3.8, 4) is 0 Å². The average molecular weight is 337 g/mol. The first-order chi connectivity index (χ1) is 10.5. The fourth-order valence-electron chi connectivity index (χ4n) is 1.99. The number of benzene rings is 2. The van der Waals surface area contributed by atoms with Crippen LogP contribution < -0.4 is 11.1 Å². The van der Waals surface area contributed by atoms with Crippen LogP contribution in [0.15, 0.2) is 48.5 Å². The van der Waals surface area contributed by atoms with Gasteiger partial charge in [0.05, 0.1) is 0 Å². The minimum atomic E-state index is -0.898. The third-order valence-corrected chi connectivity index (χ3v) is 3.86. The van der Waals surface area contributed by atoms with Gasteiger partial charge in [0.25, 0.3) is 5.91 Å². The first-order valence-corrected chi connectivity index (χ1v) is 7.32. The molecule has 0 spiro atoms. The summed E-state index contributed by atoms with van der Waals surface area (Å²) in [5, 5.41) is 3.45. The summed E-state index contributed by atoms with van der Waals surface area (Å²) < 4.78 is 0. The maximum absolute atomic E-state index is 12.1. The van der Waals surface area contributed by atoms with Gasteiger partial charge in [-0.25, -0.2) is 0 Å². The highest BCUT2D eigenvalue weighted by Crippen LogP contribution is 2.25. The summed E-state index contributed by atoms with van der Waals surface area (Å²) >= 11 is 12.2. The van der Waals surface area contributed by atoms with E-state index in [4.69, 9.17) is 28.9 Å². The molecule has 6 heteroatoms. The number of nitrogens with two attached hydrogens (primary N) is 1. The van der Waals surface area contributed by atoms with Crippen molar-refractivity contribution in [3.05, 3.63) is 69.7 Å². The molecule has 0 radical (unpaired) electrons. The third kappa shape index (κ3) is 4.00. The van der Waals surface area contributed by atoms with Crippen molar-refractivity contribution in [1.82, 2.24) is 5.32 Å². The van der Waals surface area contributed by atoms with Crippen molar-refractivity contribution >= 4 is 35.0 Å². The highest BCUT2D eigenvalue weighted by atomic mass is 35.5. The molecule has 2 amide bonds.